The van der Waals surface area contributed by atoms with Crippen molar-refractivity contribution in [2.45, 2.75) is 26.8 Å². The van der Waals surface area contributed by atoms with E-state index in [9.17, 15) is 19.5 Å². The average molecular weight is 448 g/mol. The molecule has 32 heavy (non-hydrogen) atoms. The fraction of sp³-hybridized carbons (Fsp3) is 0.167. The van der Waals surface area contributed by atoms with Crippen LogP contribution in [0.5, 0.6) is 0 Å². The molecule has 7 nitrogen and oxygen atoms in total. The van der Waals surface area contributed by atoms with Gasteiger partial charge in [0.15, 0.2) is 5.11 Å². The number of carbonyl (C=O) groups is 3. The number of nitrogens with one attached hydrogen (secondary N) is 1. The Labute approximate surface area is 189 Å². The van der Waals surface area contributed by atoms with Gasteiger partial charge in [-0.05, 0) is 86.1 Å². The molecule has 4 rings (SSSR count). The Kier molecular flexibility index (Phi) is 5.40. The van der Waals surface area contributed by atoms with Gasteiger partial charge in [0, 0.05) is 17.1 Å². The van der Waals surface area contributed by atoms with E-state index in [-0.39, 0.29) is 10.7 Å². The number of aliphatic carboxylic acids is 1. The van der Waals surface area contributed by atoms with Crippen molar-refractivity contribution in [2.24, 2.45) is 0 Å². The summed E-state index contributed by atoms with van der Waals surface area (Å²) in [6.45, 7) is 5.52. The Morgan fingerprint density at radius 2 is 1.84 bits per heavy atom. The minimum Gasteiger partial charge on any atom is -0.480 e. The smallest absolute Gasteiger partial charge is 0.326 e. The van der Waals surface area contributed by atoms with E-state index in [2.05, 4.69) is 5.32 Å². The highest BCUT2D eigenvalue weighted by atomic mass is 32.1. The van der Waals surface area contributed by atoms with E-state index < -0.39 is 23.8 Å². The lowest BCUT2D eigenvalue weighted by atomic mass is 10.0. The van der Waals surface area contributed by atoms with E-state index in [4.69, 9.17) is 12.2 Å². The highest BCUT2D eigenvalue weighted by Crippen LogP contribution is 2.26. The first-order chi connectivity index (χ1) is 15.2. The maximum Gasteiger partial charge on any atom is 0.326 e. The fourth-order valence-electron chi connectivity index (χ4n) is 3.65. The Hall–Kier alpha value is -3.78. The second-order valence-corrected chi connectivity index (χ2v) is 8.17. The van der Waals surface area contributed by atoms with Crippen LogP contribution in [0.1, 0.15) is 29.7 Å². The van der Waals surface area contributed by atoms with Crippen molar-refractivity contribution in [3.05, 3.63) is 70.9 Å². The first kappa shape index (κ1) is 21.5. The Balaban J connectivity index is 1.72. The number of carbonyl (C=O) groups excluding carboxylic acids is 2. The number of aromatic nitrogens is 1. The summed E-state index contributed by atoms with van der Waals surface area (Å²) >= 11 is 5.26. The van der Waals surface area contributed by atoms with Crippen LogP contribution in [0, 0.1) is 13.8 Å². The number of thiocarbonyl (C=S) groups is 1. The molecular weight excluding hydrogens is 426 g/mol. The lowest BCUT2D eigenvalue weighted by Crippen LogP contribution is -2.54. The number of benzene rings is 2. The number of hydrogen-bond acceptors (Lipinski definition) is 4. The van der Waals surface area contributed by atoms with Crippen molar-refractivity contribution < 1.29 is 19.5 Å². The van der Waals surface area contributed by atoms with Crippen molar-refractivity contribution in [2.75, 3.05) is 4.90 Å². The average Bonchev–Trinajstić information content (AvgIpc) is 3.16. The highest BCUT2D eigenvalue weighted by Gasteiger charge is 2.34. The molecule has 3 aromatic rings. The van der Waals surface area contributed by atoms with Gasteiger partial charge in [0.1, 0.15) is 11.6 Å². The number of carboxylic acids is 1. The molecule has 2 N–H and O–H groups in total. The number of anilines is 1. The lowest BCUT2D eigenvalue weighted by molar-refractivity contribution is -0.140. The van der Waals surface area contributed by atoms with Gasteiger partial charge in [-0.1, -0.05) is 12.1 Å². The minimum atomic E-state index is -0.930. The minimum absolute atomic E-state index is 0.0329. The number of nitrogens with zero attached hydrogens (tertiary/aromatic N) is 2. The van der Waals surface area contributed by atoms with Crippen LogP contribution in [0.4, 0.5) is 5.69 Å². The van der Waals surface area contributed by atoms with Crippen LogP contribution in [0.25, 0.3) is 17.0 Å². The van der Waals surface area contributed by atoms with Gasteiger partial charge < -0.3 is 9.67 Å². The van der Waals surface area contributed by atoms with Crippen molar-refractivity contribution in [1.29, 1.82) is 0 Å². The third-order valence-corrected chi connectivity index (χ3v) is 5.97. The second-order valence-electron chi connectivity index (χ2n) is 7.78. The molecule has 8 heteroatoms. The summed E-state index contributed by atoms with van der Waals surface area (Å²) in [5.41, 5.74) is 4.04. The summed E-state index contributed by atoms with van der Waals surface area (Å²) in [7, 11) is 0. The van der Waals surface area contributed by atoms with E-state index >= 15 is 0 Å². The second kappa shape index (κ2) is 8.05. The summed E-state index contributed by atoms with van der Waals surface area (Å²) in [6, 6.07) is 12.0. The first-order valence-electron chi connectivity index (χ1n) is 9.99. The molecule has 0 bridgehead atoms. The van der Waals surface area contributed by atoms with Gasteiger partial charge >= 0.3 is 5.97 Å². The SMILES string of the molecule is Cc1ccc(N2C(=O)/C(=C/c3ccc4c(ccn4[C@H](C)C(=O)O)c3)C(=O)NC2=S)cc1C. The van der Waals surface area contributed by atoms with E-state index in [0.717, 1.165) is 22.0 Å². The van der Waals surface area contributed by atoms with Crippen LogP contribution in [0.2, 0.25) is 0 Å². The molecule has 1 aliphatic rings. The third-order valence-electron chi connectivity index (χ3n) is 5.68. The van der Waals surface area contributed by atoms with Crippen LogP contribution in [0.3, 0.4) is 0 Å². The zero-order chi connectivity index (χ0) is 23.2. The molecule has 0 unspecified atom stereocenters. The standard InChI is InChI=1S/C24H21N3O4S/c1-13-4-6-18(10-14(13)2)27-22(29)19(21(28)25-24(27)32)12-16-5-7-20-17(11-16)8-9-26(20)15(3)23(30)31/h4-12,15H,1-3H3,(H,30,31)(H,25,28,32)/b19-12+/t15-/m1/s1. The van der Waals surface area contributed by atoms with Crippen molar-refractivity contribution >= 4 is 57.8 Å². The molecule has 0 spiro atoms. The van der Waals surface area contributed by atoms with Gasteiger partial charge in [-0.25, -0.2) is 4.79 Å². The third kappa shape index (κ3) is 3.69. The van der Waals surface area contributed by atoms with E-state index in [1.54, 1.807) is 48.0 Å². The molecule has 1 fully saturated rings. The van der Waals surface area contributed by atoms with Crippen molar-refractivity contribution in [3.8, 4) is 0 Å². The number of fused-ring (bicyclic) bond motifs is 1. The fourth-order valence-corrected chi connectivity index (χ4v) is 3.93. The summed E-state index contributed by atoms with van der Waals surface area (Å²) in [5, 5.41) is 12.7. The largest absolute Gasteiger partial charge is 0.480 e. The summed E-state index contributed by atoms with van der Waals surface area (Å²) in [5.74, 6) is -1.99. The van der Waals surface area contributed by atoms with Gasteiger partial charge in [-0.2, -0.15) is 0 Å². The molecule has 162 valence electrons. The van der Waals surface area contributed by atoms with Crippen LogP contribution in [-0.2, 0) is 14.4 Å². The van der Waals surface area contributed by atoms with Gasteiger partial charge in [0.05, 0.1) is 5.69 Å². The maximum absolute atomic E-state index is 13.2. The predicted octanol–water partition coefficient (Wildman–Crippen LogP) is 3.74. The van der Waals surface area contributed by atoms with Crippen LogP contribution < -0.4 is 10.2 Å². The maximum atomic E-state index is 13.2. The molecule has 1 atom stereocenters. The van der Waals surface area contributed by atoms with Gasteiger partial charge in [0.2, 0.25) is 0 Å². The van der Waals surface area contributed by atoms with Gasteiger partial charge in [-0.15, -0.1) is 0 Å². The quantitative estimate of drug-likeness (QED) is 0.361. The number of carboxylic acid groups (broad SMARTS) is 1. The zero-order valence-corrected chi connectivity index (χ0v) is 18.6. The molecule has 2 heterocycles. The number of hydrogen-bond donors (Lipinski definition) is 2. The monoisotopic (exact) mass is 447 g/mol. The van der Waals surface area contributed by atoms with E-state index in [1.807, 2.05) is 26.0 Å². The van der Waals surface area contributed by atoms with Crippen LogP contribution in [0.15, 0.2) is 54.2 Å². The molecule has 2 amide bonds. The van der Waals surface area contributed by atoms with E-state index in [0.29, 0.717) is 11.3 Å². The summed E-state index contributed by atoms with van der Waals surface area (Å²) < 4.78 is 1.66. The van der Waals surface area contributed by atoms with Crippen LogP contribution in [-0.4, -0.2) is 32.6 Å². The lowest BCUT2D eigenvalue weighted by Gasteiger charge is -2.29. The molecule has 0 saturated carbocycles. The normalized spacial score (nSPS) is 16.5. The van der Waals surface area contributed by atoms with E-state index in [1.165, 1.54) is 11.0 Å². The molecule has 2 aromatic carbocycles. The Morgan fingerprint density at radius 3 is 2.53 bits per heavy atom. The van der Waals surface area contributed by atoms with Gasteiger partial charge in [-0.3, -0.25) is 19.8 Å². The summed E-state index contributed by atoms with van der Waals surface area (Å²) in [4.78, 5) is 38.4. The van der Waals surface area contributed by atoms with Crippen molar-refractivity contribution in [3.63, 3.8) is 0 Å². The number of aryl methyl sites for hydroxylation is 2. The zero-order valence-electron chi connectivity index (χ0n) is 17.7. The number of amides is 2. The predicted molar refractivity (Wildman–Crippen MR) is 126 cm³/mol. The molecule has 0 aliphatic carbocycles. The molecular formula is C24H21N3O4S. The number of rotatable bonds is 4. The molecule has 1 aromatic heterocycles. The molecule has 0 radical (unpaired) electrons. The van der Waals surface area contributed by atoms with Gasteiger partial charge in [0.25, 0.3) is 11.8 Å². The Morgan fingerprint density at radius 1 is 1.09 bits per heavy atom. The highest BCUT2D eigenvalue weighted by molar-refractivity contribution is 7.80. The Bertz CT molecular complexity index is 1340. The summed E-state index contributed by atoms with van der Waals surface area (Å²) in [6.07, 6.45) is 3.23. The van der Waals surface area contributed by atoms with Crippen LogP contribution >= 0.6 is 12.2 Å². The molecule has 1 aliphatic heterocycles. The first-order valence-corrected chi connectivity index (χ1v) is 10.4. The topological polar surface area (TPSA) is 91.6 Å². The van der Waals surface area contributed by atoms with Crippen molar-refractivity contribution in [1.82, 2.24) is 9.88 Å². The molecule has 1 saturated heterocycles.